The second kappa shape index (κ2) is 7.21. The molecular formula is C22H23N3O. The van der Waals surface area contributed by atoms with Crippen molar-refractivity contribution in [2.24, 2.45) is 5.92 Å². The molecule has 2 aliphatic rings. The lowest BCUT2D eigenvalue weighted by Gasteiger charge is -2.24. The lowest BCUT2D eigenvalue weighted by Crippen LogP contribution is -2.36. The van der Waals surface area contributed by atoms with Gasteiger partial charge in [-0.25, -0.2) is 0 Å². The molecule has 2 fully saturated rings. The molecule has 2 aromatic rings. The molecule has 1 aliphatic carbocycles. The van der Waals surface area contributed by atoms with Crippen LogP contribution in [0.4, 0.5) is 5.69 Å². The van der Waals surface area contributed by atoms with Gasteiger partial charge in [-0.15, -0.1) is 0 Å². The minimum absolute atomic E-state index is 0.148. The Morgan fingerprint density at radius 1 is 0.962 bits per heavy atom. The number of rotatable bonds is 3. The Labute approximate surface area is 154 Å². The van der Waals surface area contributed by atoms with E-state index in [-0.39, 0.29) is 5.92 Å². The number of nitrogens with zero attached hydrogens (tertiary/aromatic N) is 3. The van der Waals surface area contributed by atoms with Crippen molar-refractivity contribution >= 4 is 11.6 Å². The van der Waals surface area contributed by atoms with Crippen molar-refractivity contribution in [3.05, 3.63) is 65.7 Å². The van der Waals surface area contributed by atoms with Gasteiger partial charge in [0.15, 0.2) is 0 Å². The predicted octanol–water partition coefficient (Wildman–Crippen LogP) is 3.40. The maximum absolute atomic E-state index is 12.9. The van der Waals surface area contributed by atoms with E-state index in [1.165, 1.54) is 5.56 Å². The van der Waals surface area contributed by atoms with Crippen molar-refractivity contribution < 1.29 is 4.79 Å². The first-order valence-corrected chi connectivity index (χ1v) is 9.36. The van der Waals surface area contributed by atoms with Gasteiger partial charge in [0.1, 0.15) is 6.07 Å². The maximum Gasteiger partial charge on any atom is 0.226 e. The summed E-state index contributed by atoms with van der Waals surface area (Å²) in [5.74, 6) is 0.840. The molecule has 0 N–H and O–H groups in total. The van der Waals surface area contributed by atoms with Crippen LogP contribution in [-0.4, -0.2) is 37.0 Å². The monoisotopic (exact) mass is 345 g/mol. The molecule has 2 atom stereocenters. The van der Waals surface area contributed by atoms with E-state index in [0.29, 0.717) is 17.4 Å². The fourth-order valence-electron chi connectivity index (χ4n) is 3.99. The average Bonchev–Trinajstić information content (AvgIpc) is 3.52. The first-order chi connectivity index (χ1) is 12.8. The third-order valence-corrected chi connectivity index (χ3v) is 5.51. The zero-order chi connectivity index (χ0) is 17.9. The molecule has 0 bridgehead atoms. The smallest absolute Gasteiger partial charge is 0.226 e. The molecule has 1 aliphatic heterocycles. The van der Waals surface area contributed by atoms with Crippen LogP contribution >= 0.6 is 0 Å². The molecule has 0 unspecified atom stereocenters. The van der Waals surface area contributed by atoms with Crippen LogP contribution in [0.25, 0.3) is 0 Å². The topological polar surface area (TPSA) is 47.3 Å². The van der Waals surface area contributed by atoms with Crippen molar-refractivity contribution in [3.8, 4) is 6.07 Å². The summed E-state index contributed by atoms with van der Waals surface area (Å²) >= 11 is 0. The Morgan fingerprint density at radius 3 is 2.54 bits per heavy atom. The number of amides is 1. The molecule has 2 aromatic carbocycles. The Kier molecular flexibility index (Phi) is 4.62. The lowest BCUT2D eigenvalue weighted by atomic mass is 10.1. The molecule has 0 radical (unpaired) electrons. The van der Waals surface area contributed by atoms with Crippen molar-refractivity contribution in [2.75, 3.05) is 31.1 Å². The van der Waals surface area contributed by atoms with Gasteiger partial charge >= 0.3 is 0 Å². The second-order valence-electron chi connectivity index (χ2n) is 7.15. The van der Waals surface area contributed by atoms with Crippen molar-refractivity contribution in [1.82, 2.24) is 4.90 Å². The molecule has 1 heterocycles. The van der Waals surface area contributed by atoms with E-state index >= 15 is 0 Å². The number of hydrogen-bond acceptors (Lipinski definition) is 3. The van der Waals surface area contributed by atoms with E-state index in [1.54, 1.807) is 0 Å². The Hall–Kier alpha value is -2.80. The van der Waals surface area contributed by atoms with E-state index in [0.717, 1.165) is 44.7 Å². The van der Waals surface area contributed by atoms with Gasteiger partial charge in [-0.05, 0) is 36.5 Å². The number of benzene rings is 2. The maximum atomic E-state index is 12.9. The van der Waals surface area contributed by atoms with Gasteiger partial charge in [-0.3, -0.25) is 4.79 Å². The SMILES string of the molecule is N#Cc1ccccc1N1CCCN(C(=O)[C@H]2C[C@@H]2c2ccccc2)CC1. The average molecular weight is 345 g/mol. The summed E-state index contributed by atoms with van der Waals surface area (Å²) in [5, 5.41) is 9.34. The molecule has 1 saturated carbocycles. The van der Waals surface area contributed by atoms with Crippen LogP contribution in [0, 0.1) is 17.2 Å². The third kappa shape index (κ3) is 3.30. The van der Waals surface area contributed by atoms with Crippen LogP contribution in [0.2, 0.25) is 0 Å². The van der Waals surface area contributed by atoms with Crippen molar-refractivity contribution in [1.29, 1.82) is 5.26 Å². The minimum Gasteiger partial charge on any atom is -0.369 e. The Bertz CT molecular complexity index is 827. The van der Waals surface area contributed by atoms with Crippen LogP contribution in [-0.2, 0) is 4.79 Å². The highest BCUT2D eigenvalue weighted by atomic mass is 16.2. The molecule has 4 heteroatoms. The number of hydrogen-bond donors (Lipinski definition) is 0. The highest BCUT2D eigenvalue weighted by molar-refractivity contribution is 5.83. The van der Waals surface area contributed by atoms with E-state index < -0.39 is 0 Å². The van der Waals surface area contributed by atoms with Gasteiger partial charge in [0.05, 0.1) is 11.3 Å². The Morgan fingerprint density at radius 2 is 1.73 bits per heavy atom. The van der Waals surface area contributed by atoms with Gasteiger partial charge < -0.3 is 9.80 Å². The Balaban J connectivity index is 1.40. The number of anilines is 1. The van der Waals surface area contributed by atoms with Gasteiger partial charge in [0.25, 0.3) is 0 Å². The summed E-state index contributed by atoms with van der Waals surface area (Å²) in [7, 11) is 0. The molecule has 1 saturated heterocycles. The zero-order valence-electron chi connectivity index (χ0n) is 14.8. The quantitative estimate of drug-likeness (QED) is 0.856. The number of para-hydroxylation sites is 1. The van der Waals surface area contributed by atoms with Crippen LogP contribution in [0.5, 0.6) is 0 Å². The van der Waals surface area contributed by atoms with Crippen LogP contribution in [0.1, 0.15) is 29.9 Å². The number of nitriles is 1. The molecular weight excluding hydrogens is 322 g/mol. The second-order valence-corrected chi connectivity index (χ2v) is 7.15. The summed E-state index contributed by atoms with van der Waals surface area (Å²) in [6.45, 7) is 3.21. The molecule has 4 rings (SSSR count). The first-order valence-electron chi connectivity index (χ1n) is 9.36. The van der Waals surface area contributed by atoms with Crippen molar-refractivity contribution in [3.63, 3.8) is 0 Å². The molecule has 26 heavy (non-hydrogen) atoms. The predicted molar refractivity (Wildman–Crippen MR) is 102 cm³/mol. The fraction of sp³-hybridized carbons (Fsp3) is 0.364. The first kappa shape index (κ1) is 16.7. The summed E-state index contributed by atoms with van der Waals surface area (Å²) in [6.07, 6.45) is 1.91. The molecule has 132 valence electrons. The summed E-state index contributed by atoms with van der Waals surface area (Å²) < 4.78 is 0. The molecule has 4 nitrogen and oxygen atoms in total. The van der Waals surface area contributed by atoms with Crippen LogP contribution < -0.4 is 4.90 Å². The normalized spacial score (nSPS) is 22.4. The lowest BCUT2D eigenvalue weighted by molar-refractivity contribution is -0.132. The van der Waals surface area contributed by atoms with Gasteiger partial charge in [-0.2, -0.15) is 5.26 Å². The largest absolute Gasteiger partial charge is 0.369 e. The fourth-order valence-corrected chi connectivity index (χ4v) is 3.99. The minimum atomic E-state index is 0.148. The molecule has 0 spiro atoms. The van der Waals surface area contributed by atoms with Gasteiger partial charge in [-0.1, -0.05) is 42.5 Å². The zero-order valence-corrected chi connectivity index (χ0v) is 14.8. The van der Waals surface area contributed by atoms with Crippen LogP contribution in [0.15, 0.2) is 54.6 Å². The number of carbonyl (C=O) groups excluding carboxylic acids is 1. The summed E-state index contributed by atoms with van der Waals surface area (Å²) in [4.78, 5) is 17.2. The van der Waals surface area contributed by atoms with Gasteiger partial charge in [0, 0.05) is 32.1 Å². The molecule has 1 amide bonds. The highest BCUT2D eigenvalue weighted by Crippen LogP contribution is 2.48. The van der Waals surface area contributed by atoms with E-state index in [2.05, 4.69) is 23.1 Å². The third-order valence-electron chi connectivity index (χ3n) is 5.51. The van der Waals surface area contributed by atoms with E-state index in [4.69, 9.17) is 0 Å². The van der Waals surface area contributed by atoms with Crippen molar-refractivity contribution in [2.45, 2.75) is 18.8 Å². The highest BCUT2D eigenvalue weighted by Gasteiger charge is 2.45. The van der Waals surface area contributed by atoms with Crippen LogP contribution in [0.3, 0.4) is 0 Å². The molecule has 0 aromatic heterocycles. The summed E-state index contributed by atoms with van der Waals surface area (Å²) in [5.41, 5.74) is 2.97. The van der Waals surface area contributed by atoms with E-state index in [1.807, 2.05) is 47.4 Å². The summed E-state index contributed by atoms with van der Waals surface area (Å²) in [6, 6.07) is 20.4. The van der Waals surface area contributed by atoms with Gasteiger partial charge in [0.2, 0.25) is 5.91 Å². The standard InChI is InChI=1S/C22H23N3O/c23-16-18-9-4-5-10-21(18)24-11-6-12-25(14-13-24)22(26)20-15-19(20)17-7-2-1-3-8-17/h1-5,7-10,19-20H,6,11-15H2/t19-,20+/m1/s1. The number of carbonyl (C=O) groups is 1. The van der Waals surface area contributed by atoms with E-state index in [9.17, 15) is 10.1 Å².